The van der Waals surface area contributed by atoms with Gasteiger partial charge in [0.2, 0.25) is 0 Å². The molecule has 0 aromatic heterocycles. The Bertz CT molecular complexity index is 345. The number of para-hydroxylation sites is 1. The fourth-order valence-electron chi connectivity index (χ4n) is 2.06. The van der Waals surface area contributed by atoms with Gasteiger partial charge in [-0.15, -0.1) is 0 Å². The minimum atomic E-state index is 0.538. The number of anilines is 1. The summed E-state index contributed by atoms with van der Waals surface area (Å²) in [6.45, 7) is 7.83. The van der Waals surface area contributed by atoms with Crippen LogP contribution in [0.5, 0.6) is 0 Å². The maximum atomic E-state index is 3.64. The van der Waals surface area contributed by atoms with E-state index in [2.05, 4.69) is 69.3 Å². The molecular formula is C16H28N2. The zero-order valence-electron chi connectivity index (χ0n) is 12.5. The molecule has 0 aliphatic heterocycles. The van der Waals surface area contributed by atoms with Gasteiger partial charge in [0.15, 0.2) is 0 Å². The molecule has 0 aliphatic carbocycles. The highest BCUT2D eigenvalue weighted by molar-refractivity contribution is 5.51. The van der Waals surface area contributed by atoms with E-state index in [4.69, 9.17) is 0 Å². The Morgan fingerprint density at radius 2 is 1.72 bits per heavy atom. The van der Waals surface area contributed by atoms with Crippen LogP contribution in [0.15, 0.2) is 24.3 Å². The molecule has 1 N–H and O–H groups in total. The first-order chi connectivity index (χ1) is 8.49. The zero-order valence-corrected chi connectivity index (χ0v) is 12.5. The molecule has 0 saturated carbocycles. The SMILES string of the molecule is CC(C)CCC(C)Nc1ccccc1CN(C)C. The van der Waals surface area contributed by atoms with Crippen molar-refractivity contribution >= 4 is 5.69 Å². The van der Waals surface area contributed by atoms with Crippen LogP contribution in [-0.4, -0.2) is 25.0 Å². The van der Waals surface area contributed by atoms with E-state index >= 15 is 0 Å². The number of nitrogens with one attached hydrogen (secondary N) is 1. The maximum absolute atomic E-state index is 3.64. The molecule has 1 aromatic carbocycles. The van der Waals surface area contributed by atoms with E-state index in [-0.39, 0.29) is 0 Å². The Balaban J connectivity index is 2.60. The van der Waals surface area contributed by atoms with Crippen LogP contribution in [0.2, 0.25) is 0 Å². The highest BCUT2D eigenvalue weighted by atomic mass is 15.1. The minimum absolute atomic E-state index is 0.538. The topological polar surface area (TPSA) is 15.3 Å². The lowest BCUT2D eigenvalue weighted by Gasteiger charge is -2.20. The molecule has 0 amide bonds. The number of rotatable bonds is 7. The fourth-order valence-corrected chi connectivity index (χ4v) is 2.06. The first kappa shape index (κ1) is 15.0. The zero-order chi connectivity index (χ0) is 13.5. The van der Waals surface area contributed by atoms with Gasteiger partial charge in [0, 0.05) is 18.3 Å². The van der Waals surface area contributed by atoms with Gasteiger partial charge in [0.1, 0.15) is 0 Å². The molecule has 1 rings (SSSR count). The summed E-state index contributed by atoms with van der Waals surface area (Å²) >= 11 is 0. The molecular weight excluding hydrogens is 220 g/mol. The van der Waals surface area contributed by atoms with Crippen molar-refractivity contribution in [1.29, 1.82) is 0 Å². The van der Waals surface area contributed by atoms with Crippen LogP contribution in [0.1, 0.15) is 39.2 Å². The molecule has 102 valence electrons. The molecule has 1 atom stereocenters. The second-order valence-electron chi connectivity index (χ2n) is 5.91. The third kappa shape index (κ3) is 5.54. The Morgan fingerprint density at radius 1 is 1.06 bits per heavy atom. The molecule has 0 bridgehead atoms. The van der Waals surface area contributed by atoms with Crippen LogP contribution in [0.3, 0.4) is 0 Å². The standard InChI is InChI=1S/C16H28N2/c1-13(2)10-11-14(3)17-16-9-7-6-8-15(16)12-18(4)5/h6-9,13-14,17H,10-12H2,1-5H3. The predicted octanol–water partition coefficient (Wildman–Crippen LogP) is 3.98. The molecule has 0 radical (unpaired) electrons. The van der Waals surface area contributed by atoms with Crippen molar-refractivity contribution in [2.45, 2.75) is 46.2 Å². The van der Waals surface area contributed by atoms with Crippen molar-refractivity contribution in [3.8, 4) is 0 Å². The van der Waals surface area contributed by atoms with Crippen molar-refractivity contribution in [3.63, 3.8) is 0 Å². The maximum Gasteiger partial charge on any atom is 0.0387 e. The van der Waals surface area contributed by atoms with Crippen molar-refractivity contribution in [2.24, 2.45) is 5.92 Å². The summed E-state index contributed by atoms with van der Waals surface area (Å²) in [5.74, 6) is 0.784. The first-order valence-electron chi connectivity index (χ1n) is 6.98. The Labute approximate surface area is 112 Å². The lowest BCUT2D eigenvalue weighted by molar-refractivity contribution is 0.403. The van der Waals surface area contributed by atoms with Gasteiger partial charge in [0.05, 0.1) is 0 Å². The molecule has 0 aliphatic rings. The van der Waals surface area contributed by atoms with Crippen molar-refractivity contribution < 1.29 is 0 Å². The molecule has 1 aromatic rings. The van der Waals surface area contributed by atoms with Crippen molar-refractivity contribution in [3.05, 3.63) is 29.8 Å². The average Bonchev–Trinajstić information content (AvgIpc) is 2.28. The molecule has 0 fully saturated rings. The lowest BCUT2D eigenvalue weighted by Crippen LogP contribution is -2.19. The predicted molar refractivity (Wildman–Crippen MR) is 81.0 cm³/mol. The summed E-state index contributed by atoms with van der Waals surface area (Å²) in [4.78, 5) is 2.21. The first-order valence-corrected chi connectivity index (χ1v) is 6.98. The average molecular weight is 248 g/mol. The third-order valence-electron chi connectivity index (χ3n) is 3.08. The second-order valence-corrected chi connectivity index (χ2v) is 5.91. The van der Waals surface area contributed by atoms with Crippen LogP contribution in [0, 0.1) is 5.92 Å². The van der Waals surface area contributed by atoms with E-state index in [1.807, 2.05) is 0 Å². The summed E-state index contributed by atoms with van der Waals surface area (Å²) < 4.78 is 0. The summed E-state index contributed by atoms with van der Waals surface area (Å²) in [5.41, 5.74) is 2.65. The number of nitrogens with zero attached hydrogens (tertiary/aromatic N) is 1. The second kappa shape index (κ2) is 7.42. The fraction of sp³-hybridized carbons (Fsp3) is 0.625. The van der Waals surface area contributed by atoms with Gasteiger partial charge in [-0.3, -0.25) is 0 Å². The van der Waals surface area contributed by atoms with Crippen molar-refractivity contribution in [1.82, 2.24) is 4.90 Å². The summed E-state index contributed by atoms with van der Waals surface area (Å²) in [6.07, 6.45) is 2.51. The van der Waals surface area contributed by atoms with E-state index in [0.29, 0.717) is 6.04 Å². The highest BCUT2D eigenvalue weighted by Crippen LogP contribution is 2.19. The minimum Gasteiger partial charge on any atom is -0.382 e. The van der Waals surface area contributed by atoms with Gasteiger partial charge in [-0.25, -0.2) is 0 Å². The third-order valence-corrected chi connectivity index (χ3v) is 3.08. The van der Waals surface area contributed by atoms with Gasteiger partial charge >= 0.3 is 0 Å². The largest absolute Gasteiger partial charge is 0.382 e. The normalized spacial score (nSPS) is 13.1. The van der Waals surface area contributed by atoms with Crippen LogP contribution in [0.25, 0.3) is 0 Å². The van der Waals surface area contributed by atoms with Crippen LogP contribution >= 0.6 is 0 Å². The molecule has 2 nitrogen and oxygen atoms in total. The van der Waals surface area contributed by atoms with Gasteiger partial charge in [-0.05, 0) is 51.4 Å². The summed E-state index contributed by atoms with van der Waals surface area (Å²) in [5, 5.41) is 3.64. The summed E-state index contributed by atoms with van der Waals surface area (Å²) in [7, 11) is 4.22. The smallest absolute Gasteiger partial charge is 0.0387 e. The lowest BCUT2D eigenvalue weighted by atomic mass is 10.0. The number of hydrogen-bond acceptors (Lipinski definition) is 2. The van der Waals surface area contributed by atoms with Gasteiger partial charge in [-0.1, -0.05) is 32.0 Å². The highest BCUT2D eigenvalue weighted by Gasteiger charge is 2.07. The molecule has 1 unspecified atom stereocenters. The van der Waals surface area contributed by atoms with Crippen LogP contribution < -0.4 is 5.32 Å². The van der Waals surface area contributed by atoms with Gasteiger partial charge in [-0.2, -0.15) is 0 Å². The van der Waals surface area contributed by atoms with Crippen LogP contribution in [-0.2, 0) is 6.54 Å². The molecule has 2 heteroatoms. The number of hydrogen-bond donors (Lipinski definition) is 1. The van der Waals surface area contributed by atoms with E-state index in [0.717, 1.165) is 12.5 Å². The van der Waals surface area contributed by atoms with Gasteiger partial charge in [0.25, 0.3) is 0 Å². The Hall–Kier alpha value is -1.02. The van der Waals surface area contributed by atoms with E-state index < -0.39 is 0 Å². The molecule has 0 heterocycles. The van der Waals surface area contributed by atoms with E-state index in [1.54, 1.807) is 0 Å². The van der Waals surface area contributed by atoms with Gasteiger partial charge < -0.3 is 10.2 Å². The molecule has 18 heavy (non-hydrogen) atoms. The monoisotopic (exact) mass is 248 g/mol. The molecule has 0 saturated heterocycles. The summed E-state index contributed by atoms with van der Waals surface area (Å²) in [6, 6.07) is 9.15. The molecule has 0 spiro atoms. The van der Waals surface area contributed by atoms with E-state index in [1.165, 1.54) is 24.1 Å². The van der Waals surface area contributed by atoms with Crippen LogP contribution in [0.4, 0.5) is 5.69 Å². The quantitative estimate of drug-likeness (QED) is 0.785. The Morgan fingerprint density at radius 3 is 2.33 bits per heavy atom. The number of benzene rings is 1. The Kier molecular flexibility index (Phi) is 6.20. The van der Waals surface area contributed by atoms with E-state index in [9.17, 15) is 0 Å². The van der Waals surface area contributed by atoms with Crippen molar-refractivity contribution in [2.75, 3.05) is 19.4 Å².